The first-order chi connectivity index (χ1) is 16.7. The predicted octanol–water partition coefficient (Wildman–Crippen LogP) is 1.33. The van der Waals surface area contributed by atoms with Crippen molar-refractivity contribution in [2.45, 2.75) is 0 Å². The molecule has 35 heavy (non-hydrogen) atoms. The molecule has 0 bridgehead atoms. The van der Waals surface area contributed by atoms with Crippen molar-refractivity contribution < 1.29 is 52.2 Å². The van der Waals surface area contributed by atoms with E-state index in [4.69, 9.17) is 42.0 Å². The summed E-state index contributed by atoms with van der Waals surface area (Å²) in [5, 5.41) is 1.91. The number of halogens is 1. The quantitative estimate of drug-likeness (QED) is 0.357. The van der Waals surface area contributed by atoms with Crippen LogP contribution in [-0.2, 0) is 0 Å². The summed E-state index contributed by atoms with van der Waals surface area (Å²) < 4.78 is 62.0. The van der Waals surface area contributed by atoms with Crippen LogP contribution in [-0.4, -0.2) is 28.4 Å². The maximum Gasteiger partial charge on any atom is 0.368 e. The lowest BCUT2D eigenvalue weighted by Gasteiger charge is -2.17. The number of benzene rings is 3. The van der Waals surface area contributed by atoms with Crippen LogP contribution in [0.2, 0.25) is 0 Å². The van der Waals surface area contributed by atoms with Gasteiger partial charge < -0.3 is 18.9 Å². The Kier molecular flexibility index (Phi) is 8.34. The highest BCUT2D eigenvalue weighted by Gasteiger charge is 2.24. The molecule has 4 aromatic rings. The minimum Gasteiger partial charge on any atom is -0.497 e. The molecule has 0 spiro atoms. The van der Waals surface area contributed by atoms with Crippen LogP contribution in [0.25, 0.3) is 33.4 Å². The molecule has 0 radical (unpaired) electrons. The van der Waals surface area contributed by atoms with E-state index in [9.17, 15) is 0 Å². The van der Waals surface area contributed by atoms with Crippen molar-refractivity contribution in [2.24, 2.45) is 0 Å². The second-order valence-corrected chi connectivity index (χ2v) is 7.83. The Hall–Kier alpha value is -3.60. The van der Waals surface area contributed by atoms with Crippen molar-refractivity contribution in [3.63, 3.8) is 0 Å². The minimum atomic E-state index is -4.94. The zero-order valence-corrected chi connectivity index (χ0v) is 20.2. The van der Waals surface area contributed by atoms with Gasteiger partial charge in [-0.2, -0.15) is 0 Å². The average Bonchev–Trinajstić information content (AvgIpc) is 2.86. The number of rotatable bonds is 6. The molecule has 0 fully saturated rings. The first-order valence-corrected chi connectivity index (χ1v) is 11.3. The lowest BCUT2D eigenvalue weighted by molar-refractivity contribution is -2.00. The van der Waals surface area contributed by atoms with Crippen LogP contribution in [0.5, 0.6) is 23.0 Å². The molecule has 0 N–H and O–H groups in total. The Bertz CT molecular complexity index is 1260. The largest absolute Gasteiger partial charge is 0.497 e. The summed E-state index contributed by atoms with van der Waals surface area (Å²) in [5.41, 5.74) is 1.88. The SMILES string of the molecule is COc1ccc(-c2cc3cc(OC)c(OC)cc3c(-c3ccc(OC)cc3)[o+]2)cc1.[O-][Cl+3]([O-])([O-])[O-]. The second-order valence-electron chi connectivity index (χ2n) is 7.07. The van der Waals surface area contributed by atoms with E-state index in [1.54, 1.807) is 28.4 Å². The van der Waals surface area contributed by atoms with Gasteiger partial charge in [-0.3, -0.25) is 0 Å². The van der Waals surface area contributed by atoms with Gasteiger partial charge in [0.15, 0.2) is 11.5 Å². The van der Waals surface area contributed by atoms with Crippen molar-refractivity contribution in [3.05, 3.63) is 66.7 Å². The smallest absolute Gasteiger partial charge is 0.368 e. The maximum absolute atomic E-state index is 8.49. The molecule has 0 aliphatic heterocycles. The van der Waals surface area contributed by atoms with Gasteiger partial charge in [0.1, 0.15) is 11.5 Å². The Morgan fingerprint density at radius 1 is 0.600 bits per heavy atom. The van der Waals surface area contributed by atoms with E-state index >= 15 is 0 Å². The fourth-order valence-electron chi connectivity index (χ4n) is 3.40. The van der Waals surface area contributed by atoms with Crippen molar-refractivity contribution in [1.29, 1.82) is 0 Å². The summed E-state index contributed by atoms with van der Waals surface area (Å²) >= 11 is 0. The van der Waals surface area contributed by atoms with Gasteiger partial charge in [-0.1, -0.05) is 0 Å². The van der Waals surface area contributed by atoms with E-state index in [0.29, 0.717) is 11.5 Å². The molecule has 0 unspecified atom stereocenters. The van der Waals surface area contributed by atoms with Crippen molar-refractivity contribution in [1.82, 2.24) is 0 Å². The van der Waals surface area contributed by atoms with Gasteiger partial charge in [0, 0.05) is 11.5 Å². The van der Waals surface area contributed by atoms with Gasteiger partial charge in [-0.05, 0) is 54.6 Å². The Balaban J connectivity index is 0.000000623. The lowest BCUT2D eigenvalue weighted by atomic mass is 10.0. The van der Waals surface area contributed by atoms with Gasteiger partial charge in [0.05, 0.1) is 51.0 Å². The van der Waals surface area contributed by atoms with E-state index in [-0.39, 0.29) is 0 Å². The topological polar surface area (TPSA) is 140 Å². The summed E-state index contributed by atoms with van der Waals surface area (Å²) in [5.74, 6) is 4.37. The van der Waals surface area contributed by atoms with E-state index in [0.717, 1.165) is 44.9 Å². The highest BCUT2D eigenvalue weighted by Crippen LogP contribution is 2.40. The van der Waals surface area contributed by atoms with Crippen LogP contribution in [0.15, 0.2) is 71.1 Å². The first-order valence-electron chi connectivity index (χ1n) is 10.1. The predicted molar refractivity (Wildman–Crippen MR) is 118 cm³/mol. The summed E-state index contributed by atoms with van der Waals surface area (Å²) in [4.78, 5) is 0. The monoisotopic (exact) mass is 502 g/mol. The third-order valence-corrected chi connectivity index (χ3v) is 5.03. The van der Waals surface area contributed by atoms with E-state index in [2.05, 4.69) is 0 Å². The van der Waals surface area contributed by atoms with Crippen LogP contribution in [0.1, 0.15) is 0 Å². The number of methoxy groups -OCH3 is 4. The van der Waals surface area contributed by atoms with Crippen LogP contribution in [0.3, 0.4) is 0 Å². The van der Waals surface area contributed by atoms with Crippen LogP contribution in [0, 0.1) is 10.2 Å². The molecule has 0 aliphatic rings. The molecule has 4 rings (SSSR count). The zero-order valence-electron chi connectivity index (χ0n) is 19.4. The number of hydrogen-bond acceptors (Lipinski definition) is 8. The van der Waals surface area contributed by atoms with Gasteiger partial charge in [-0.25, -0.2) is 23.1 Å². The van der Waals surface area contributed by atoms with Crippen LogP contribution < -0.4 is 37.6 Å². The summed E-state index contributed by atoms with van der Waals surface area (Å²) in [6.07, 6.45) is 0. The van der Waals surface area contributed by atoms with Crippen LogP contribution >= 0.6 is 0 Å². The van der Waals surface area contributed by atoms with Gasteiger partial charge >= 0.3 is 11.5 Å². The van der Waals surface area contributed by atoms with Crippen LogP contribution in [0.4, 0.5) is 0 Å². The summed E-state index contributed by atoms with van der Waals surface area (Å²) in [7, 11) is 1.61. The molecular formula is C25H23ClO9. The molecule has 0 atom stereocenters. The van der Waals surface area contributed by atoms with E-state index < -0.39 is 10.2 Å². The molecule has 10 heteroatoms. The standard InChI is InChI=1S/C25H23O5.ClHO4/c1-26-19-9-5-16(6-10-19)22-13-18-14-23(28-3)24(29-4)15-21(18)25(30-22)17-7-11-20(27-2)12-8-17;2-1(3,4)5/h5-15H,1-4H3;(H,2,3,4,5)/q+1;/p-1. The molecule has 1 aromatic heterocycles. The number of ether oxygens (including phenoxy) is 4. The normalized spacial score (nSPS) is 10.9. The molecule has 1 heterocycles. The molecule has 0 saturated heterocycles. The summed E-state index contributed by atoms with van der Waals surface area (Å²) in [6, 6.07) is 21.5. The third kappa shape index (κ3) is 6.72. The number of hydrogen-bond donors (Lipinski definition) is 0. The maximum atomic E-state index is 8.49. The molecule has 0 saturated carbocycles. The average molecular weight is 503 g/mol. The molecule has 184 valence electrons. The van der Waals surface area contributed by atoms with Gasteiger partial charge in [0.25, 0.3) is 0 Å². The Labute approximate surface area is 204 Å². The Morgan fingerprint density at radius 2 is 1.06 bits per heavy atom. The van der Waals surface area contributed by atoms with Gasteiger partial charge in [0.2, 0.25) is 0 Å². The summed E-state index contributed by atoms with van der Waals surface area (Å²) in [6.45, 7) is 0. The highest BCUT2D eigenvalue weighted by molar-refractivity contribution is 5.97. The third-order valence-electron chi connectivity index (χ3n) is 5.03. The lowest BCUT2D eigenvalue weighted by Crippen LogP contribution is -2.68. The van der Waals surface area contributed by atoms with E-state index in [1.165, 1.54) is 0 Å². The minimum absolute atomic E-state index is 0.646. The van der Waals surface area contributed by atoms with Crippen molar-refractivity contribution in [2.75, 3.05) is 28.4 Å². The Morgan fingerprint density at radius 3 is 1.51 bits per heavy atom. The molecule has 9 nitrogen and oxygen atoms in total. The molecular weight excluding hydrogens is 480 g/mol. The number of fused-ring (bicyclic) bond motifs is 1. The second kappa shape index (κ2) is 11.2. The van der Waals surface area contributed by atoms with E-state index in [1.807, 2.05) is 66.7 Å². The van der Waals surface area contributed by atoms with Gasteiger partial charge in [-0.15, -0.1) is 10.2 Å². The zero-order chi connectivity index (χ0) is 25.6. The molecule has 0 aliphatic carbocycles. The fourth-order valence-corrected chi connectivity index (χ4v) is 3.40. The van der Waals surface area contributed by atoms with Crippen molar-refractivity contribution >= 4 is 10.8 Å². The van der Waals surface area contributed by atoms with Crippen molar-refractivity contribution in [3.8, 4) is 45.6 Å². The fraction of sp³-hybridized carbons (Fsp3) is 0.160. The first kappa shape index (κ1) is 26.0. The highest BCUT2D eigenvalue weighted by atomic mass is 35.7. The molecule has 0 amide bonds. The molecule has 3 aromatic carbocycles.